The number of esters is 1. The maximum Gasteiger partial charge on any atom is 0.355 e. The van der Waals surface area contributed by atoms with Crippen LogP contribution in [-0.4, -0.2) is 38.6 Å². The highest BCUT2D eigenvalue weighted by atomic mass is 79.9. The lowest BCUT2D eigenvalue weighted by Crippen LogP contribution is -2.33. The molecule has 0 saturated carbocycles. The molecule has 1 aliphatic rings. The molecule has 0 aromatic heterocycles. The Hall–Kier alpha value is -1.67. The molecule has 0 atom stereocenters. The Morgan fingerprint density at radius 2 is 1.90 bits per heavy atom. The molecule has 0 amide bonds. The number of ether oxygens (including phenoxy) is 1. The third kappa shape index (κ3) is 2.75. The number of carbonyl (C=O) groups is 1. The van der Waals surface area contributed by atoms with Crippen molar-refractivity contribution in [3.63, 3.8) is 0 Å². The van der Waals surface area contributed by atoms with Gasteiger partial charge in [0.25, 0.3) is 0 Å². The molecule has 106 valence electrons. The van der Waals surface area contributed by atoms with Gasteiger partial charge in [-0.05, 0) is 18.2 Å². The zero-order chi connectivity index (χ0) is 14.9. The van der Waals surface area contributed by atoms with Gasteiger partial charge in [-0.25, -0.2) is 9.10 Å². The van der Waals surface area contributed by atoms with E-state index in [1.807, 2.05) is 0 Å². The molecule has 0 saturated heterocycles. The van der Waals surface area contributed by atoms with Crippen LogP contribution in [0.3, 0.4) is 0 Å². The van der Waals surface area contributed by atoms with E-state index in [4.69, 9.17) is 0 Å². The van der Waals surface area contributed by atoms with E-state index in [2.05, 4.69) is 25.1 Å². The summed E-state index contributed by atoms with van der Waals surface area (Å²) >= 11 is 3.29. The zero-order valence-electron chi connectivity index (χ0n) is 10.7. The lowest BCUT2D eigenvalue weighted by Gasteiger charge is -2.22. The van der Waals surface area contributed by atoms with Gasteiger partial charge in [-0.1, -0.05) is 28.1 Å². The van der Waals surface area contributed by atoms with E-state index in [0.29, 0.717) is 5.56 Å². The van der Waals surface area contributed by atoms with E-state index in [0.717, 1.165) is 8.78 Å². The number of rotatable bonds is 2. The maximum atomic E-state index is 11.9. The standard InChI is InChI=1S/C12H11BrN2O4S/c1-15-11(12(16)19-2)7-10(14-20(15,17)18)8-3-5-9(13)6-4-8/h3-7H,1-2H3. The van der Waals surface area contributed by atoms with Crippen molar-refractivity contribution >= 4 is 37.8 Å². The smallest absolute Gasteiger partial charge is 0.355 e. The number of hydrogen-bond donors (Lipinski definition) is 0. The van der Waals surface area contributed by atoms with E-state index in [-0.39, 0.29) is 11.4 Å². The Bertz CT molecular complexity index is 707. The summed E-state index contributed by atoms with van der Waals surface area (Å²) in [6.07, 6.45) is 1.39. The summed E-state index contributed by atoms with van der Waals surface area (Å²) < 4.78 is 33.8. The first-order valence-electron chi connectivity index (χ1n) is 5.50. The summed E-state index contributed by atoms with van der Waals surface area (Å²) in [5.41, 5.74) is 0.697. The van der Waals surface area contributed by atoms with Crippen LogP contribution in [0, 0.1) is 0 Å². The fraction of sp³-hybridized carbons (Fsp3) is 0.167. The van der Waals surface area contributed by atoms with Gasteiger partial charge < -0.3 is 4.74 Å². The Morgan fingerprint density at radius 1 is 1.30 bits per heavy atom. The van der Waals surface area contributed by atoms with E-state index in [1.54, 1.807) is 24.3 Å². The van der Waals surface area contributed by atoms with Crippen molar-refractivity contribution in [1.82, 2.24) is 4.31 Å². The van der Waals surface area contributed by atoms with Crippen molar-refractivity contribution in [2.45, 2.75) is 0 Å². The number of allylic oxidation sites excluding steroid dienone is 1. The topological polar surface area (TPSA) is 76.0 Å². The first-order chi connectivity index (χ1) is 9.35. The van der Waals surface area contributed by atoms with Gasteiger partial charge in [-0.2, -0.15) is 8.42 Å². The van der Waals surface area contributed by atoms with Crippen LogP contribution in [0.2, 0.25) is 0 Å². The van der Waals surface area contributed by atoms with Gasteiger partial charge in [0.2, 0.25) is 0 Å². The highest BCUT2D eigenvalue weighted by Crippen LogP contribution is 2.21. The molecule has 1 aromatic carbocycles. The van der Waals surface area contributed by atoms with Gasteiger partial charge in [0.05, 0.1) is 12.8 Å². The fourth-order valence-corrected chi connectivity index (χ4v) is 2.77. The van der Waals surface area contributed by atoms with Crippen molar-refractivity contribution < 1.29 is 17.9 Å². The van der Waals surface area contributed by atoms with Crippen LogP contribution in [0.5, 0.6) is 0 Å². The SMILES string of the molecule is COC(=O)C1=CC(c2ccc(Br)cc2)=NS(=O)(=O)N1C. The minimum atomic E-state index is -3.93. The van der Waals surface area contributed by atoms with Crippen LogP contribution < -0.4 is 0 Å². The molecular formula is C12H11BrN2O4S. The van der Waals surface area contributed by atoms with Gasteiger partial charge in [-0.3, -0.25) is 0 Å². The van der Waals surface area contributed by atoms with Gasteiger partial charge >= 0.3 is 16.2 Å². The molecule has 0 spiro atoms. The van der Waals surface area contributed by atoms with Crippen molar-refractivity contribution in [2.75, 3.05) is 14.2 Å². The largest absolute Gasteiger partial charge is 0.464 e. The molecule has 0 unspecified atom stereocenters. The number of likely N-dealkylation sites (N-methyl/N-ethyl adjacent to an activating group) is 1. The zero-order valence-corrected chi connectivity index (χ0v) is 13.1. The molecule has 2 rings (SSSR count). The second-order valence-electron chi connectivity index (χ2n) is 3.95. The van der Waals surface area contributed by atoms with Crippen molar-refractivity contribution in [1.29, 1.82) is 0 Å². The normalized spacial score (nSPS) is 17.2. The van der Waals surface area contributed by atoms with Gasteiger partial charge in [0.15, 0.2) is 0 Å². The Labute approximate surface area is 125 Å². The highest BCUT2D eigenvalue weighted by Gasteiger charge is 2.30. The molecule has 0 N–H and O–H groups in total. The molecule has 0 radical (unpaired) electrons. The van der Waals surface area contributed by atoms with Crippen LogP contribution in [0.4, 0.5) is 0 Å². The predicted octanol–water partition coefficient (Wildman–Crippen LogP) is 1.49. The first-order valence-corrected chi connectivity index (χ1v) is 7.69. The molecule has 1 aromatic rings. The average Bonchev–Trinajstić information content (AvgIpc) is 2.41. The van der Waals surface area contributed by atoms with E-state index in [1.165, 1.54) is 20.2 Å². The lowest BCUT2D eigenvalue weighted by atomic mass is 10.1. The predicted molar refractivity (Wildman–Crippen MR) is 77.5 cm³/mol. The van der Waals surface area contributed by atoms with Crippen LogP contribution >= 0.6 is 15.9 Å². The second kappa shape index (κ2) is 5.37. The van der Waals surface area contributed by atoms with Crippen LogP contribution in [0.25, 0.3) is 0 Å². The molecule has 0 fully saturated rings. The Balaban J connectivity index is 2.55. The Kier molecular flexibility index (Phi) is 3.96. The van der Waals surface area contributed by atoms with E-state index in [9.17, 15) is 13.2 Å². The highest BCUT2D eigenvalue weighted by molar-refractivity contribution is 9.10. The minimum Gasteiger partial charge on any atom is -0.464 e. The maximum absolute atomic E-state index is 11.9. The van der Waals surface area contributed by atoms with Gasteiger partial charge in [0, 0.05) is 17.1 Å². The number of methoxy groups -OCH3 is 1. The van der Waals surface area contributed by atoms with Crippen LogP contribution in [0.1, 0.15) is 5.56 Å². The minimum absolute atomic E-state index is 0.0829. The Morgan fingerprint density at radius 3 is 2.45 bits per heavy atom. The molecule has 0 bridgehead atoms. The number of benzene rings is 1. The second-order valence-corrected chi connectivity index (χ2v) is 6.49. The summed E-state index contributed by atoms with van der Waals surface area (Å²) in [6, 6.07) is 6.92. The fourth-order valence-electron chi connectivity index (χ4n) is 1.61. The van der Waals surface area contributed by atoms with Gasteiger partial charge in [0.1, 0.15) is 5.70 Å². The van der Waals surface area contributed by atoms with Crippen molar-refractivity contribution in [2.24, 2.45) is 4.40 Å². The number of nitrogens with zero attached hydrogens (tertiary/aromatic N) is 2. The molecule has 1 aliphatic heterocycles. The number of halogens is 1. The molecule has 8 heteroatoms. The summed E-state index contributed by atoms with van der Waals surface area (Å²) in [6.45, 7) is 0. The number of hydrogen-bond acceptors (Lipinski definition) is 4. The molecule has 0 aliphatic carbocycles. The molecular weight excluding hydrogens is 348 g/mol. The summed E-state index contributed by atoms with van der Waals surface area (Å²) in [4.78, 5) is 11.6. The van der Waals surface area contributed by atoms with E-state index < -0.39 is 16.2 Å². The summed E-state index contributed by atoms with van der Waals surface area (Å²) in [5.74, 6) is -0.736. The van der Waals surface area contributed by atoms with E-state index >= 15 is 0 Å². The quantitative estimate of drug-likeness (QED) is 0.750. The summed E-state index contributed by atoms with van der Waals surface area (Å²) in [7, 11) is -1.49. The third-order valence-electron chi connectivity index (χ3n) is 2.71. The monoisotopic (exact) mass is 358 g/mol. The molecule has 20 heavy (non-hydrogen) atoms. The molecule has 6 nitrogen and oxygen atoms in total. The third-order valence-corrected chi connectivity index (χ3v) is 4.55. The number of carbonyl (C=O) groups excluding carboxylic acids is 1. The average molecular weight is 359 g/mol. The van der Waals surface area contributed by atoms with Crippen molar-refractivity contribution in [3.05, 3.63) is 46.1 Å². The van der Waals surface area contributed by atoms with Crippen molar-refractivity contribution in [3.8, 4) is 0 Å². The molecule has 1 heterocycles. The van der Waals surface area contributed by atoms with Gasteiger partial charge in [-0.15, -0.1) is 4.40 Å². The first kappa shape index (κ1) is 14.7. The lowest BCUT2D eigenvalue weighted by molar-refractivity contribution is -0.137. The van der Waals surface area contributed by atoms with Crippen LogP contribution in [0.15, 0.2) is 44.9 Å². The summed E-state index contributed by atoms with van der Waals surface area (Å²) in [5, 5.41) is 0. The van der Waals surface area contributed by atoms with Crippen LogP contribution in [-0.2, 0) is 19.7 Å².